The largest absolute Gasteiger partial charge is 0.506 e. The van der Waals surface area contributed by atoms with Crippen LogP contribution in [0.5, 0.6) is 17.2 Å². The zero-order valence-electron chi connectivity index (χ0n) is 21.8. The number of aromatic nitrogens is 1. The molecule has 40 heavy (non-hydrogen) atoms. The molecule has 208 valence electrons. The first-order chi connectivity index (χ1) is 19.2. The van der Waals surface area contributed by atoms with Crippen molar-refractivity contribution < 1.29 is 38.7 Å². The number of methoxy groups -OCH3 is 2. The van der Waals surface area contributed by atoms with E-state index in [4.69, 9.17) is 29.2 Å². The zero-order valence-corrected chi connectivity index (χ0v) is 21.8. The van der Waals surface area contributed by atoms with Gasteiger partial charge in [-0.05, 0) is 30.0 Å². The minimum absolute atomic E-state index is 0.0231. The average molecular weight is 551 g/mol. The third-order valence-corrected chi connectivity index (χ3v) is 8.33. The van der Waals surface area contributed by atoms with E-state index >= 15 is 0 Å². The molecular formula is C28H26N2O10. The third kappa shape index (κ3) is 3.04. The Bertz CT molecular complexity index is 1890. The third-order valence-electron chi connectivity index (χ3n) is 8.33. The van der Waals surface area contributed by atoms with Gasteiger partial charge in [-0.3, -0.25) is 9.59 Å². The maximum absolute atomic E-state index is 14.1. The van der Waals surface area contributed by atoms with Gasteiger partial charge in [-0.2, -0.15) is 0 Å². The highest BCUT2D eigenvalue weighted by molar-refractivity contribution is 6.05. The number of nitrogen functional groups attached to an aromatic ring is 1. The Labute approximate surface area is 225 Å². The first-order valence-corrected chi connectivity index (χ1v) is 12.7. The Hall–Kier alpha value is -4.10. The van der Waals surface area contributed by atoms with Gasteiger partial charge in [-0.15, -0.1) is 0 Å². The van der Waals surface area contributed by atoms with Crippen LogP contribution >= 0.6 is 0 Å². The van der Waals surface area contributed by atoms with E-state index in [-0.39, 0.29) is 69.9 Å². The molecule has 12 heteroatoms. The molecule has 0 unspecified atom stereocenters. The second kappa shape index (κ2) is 8.45. The van der Waals surface area contributed by atoms with Crippen molar-refractivity contribution in [3.05, 3.63) is 60.9 Å². The predicted molar refractivity (Wildman–Crippen MR) is 141 cm³/mol. The zero-order chi connectivity index (χ0) is 28.2. The highest BCUT2D eigenvalue weighted by Crippen LogP contribution is 2.57. The Morgan fingerprint density at radius 2 is 1.80 bits per heavy atom. The lowest BCUT2D eigenvalue weighted by molar-refractivity contribution is -0.0709. The van der Waals surface area contributed by atoms with Crippen LogP contribution in [0.2, 0.25) is 0 Å². The molecule has 0 bridgehead atoms. The molecule has 7 rings (SSSR count). The van der Waals surface area contributed by atoms with Gasteiger partial charge in [0.2, 0.25) is 5.43 Å². The summed E-state index contributed by atoms with van der Waals surface area (Å²) in [7, 11) is 2.80. The lowest BCUT2D eigenvalue weighted by Crippen LogP contribution is -2.34. The number of aryl methyl sites for hydroxylation is 1. The quantitative estimate of drug-likeness (QED) is 0.269. The first-order valence-electron chi connectivity index (χ1n) is 12.7. The normalized spacial score (nSPS) is 23.0. The molecule has 0 saturated heterocycles. The number of hydrogen-bond donors (Lipinski definition) is 4. The first kappa shape index (κ1) is 24.9. The molecule has 12 nitrogen and oxygen atoms in total. The summed E-state index contributed by atoms with van der Waals surface area (Å²) < 4.78 is 29.9. The number of pyridine rings is 1. The lowest BCUT2D eigenvalue weighted by Gasteiger charge is -2.36. The fourth-order valence-corrected chi connectivity index (χ4v) is 6.48. The van der Waals surface area contributed by atoms with Crippen LogP contribution in [0.15, 0.2) is 26.1 Å². The van der Waals surface area contributed by atoms with Crippen molar-refractivity contribution in [1.29, 1.82) is 0 Å². The molecule has 0 spiro atoms. The Balaban J connectivity index is 1.64. The molecule has 5 N–H and O–H groups in total. The van der Waals surface area contributed by atoms with E-state index in [9.17, 15) is 24.9 Å². The number of aromatic hydroxyl groups is 2. The van der Waals surface area contributed by atoms with Gasteiger partial charge in [-0.25, -0.2) is 4.68 Å². The summed E-state index contributed by atoms with van der Waals surface area (Å²) in [4.78, 5) is 27.2. The number of ether oxygens (including phenoxy) is 4. The van der Waals surface area contributed by atoms with Crippen LogP contribution in [0, 0.1) is 6.92 Å². The van der Waals surface area contributed by atoms with E-state index in [1.807, 2.05) is 0 Å². The number of hydrogen-bond acceptors (Lipinski definition) is 11. The molecule has 3 heterocycles. The molecule has 0 radical (unpaired) electrons. The lowest BCUT2D eigenvalue weighted by atomic mass is 9.79. The van der Waals surface area contributed by atoms with Crippen molar-refractivity contribution in [1.82, 2.24) is 4.68 Å². The number of aliphatic hydroxyl groups is 1. The summed E-state index contributed by atoms with van der Waals surface area (Å²) in [5.74, 6) is 5.32. The van der Waals surface area contributed by atoms with Crippen molar-refractivity contribution in [2.24, 2.45) is 0 Å². The van der Waals surface area contributed by atoms with Gasteiger partial charge in [0.05, 0.1) is 29.3 Å². The molecule has 0 saturated carbocycles. The van der Waals surface area contributed by atoms with Gasteiger partial charge in [0, 0.05) is 49.4 Å². The van der Waals surface area contributed by atoms with Crippen LogP contribution in [-0.2, 0) is 20.6 Å². The topological polar surface area (TPSA) is 176 Å². The highest BCUT2D eigenvalue weighted by atomic mass is 16.7. The van der Waals surface area contributed by atoms with Crippen LogP contribution in [0.4, 0.5) is 0 Å². The average Bonchev–Trinajstić information content (AvgIpc) is 2.93. The van der Waals surface area contributed by atoms with E-state index in [1.54, 1.807) is 19.1 Å². The maximum Gasteiger partial charge on any atom is 0.280 e. The smallest absolute Gasteiger partial charge is 0.280 e. The standard InChI is InChI=1S/C28H26N2O10/c1-9-4-10-5-11-6-14-17-19(15(11)21(32)16(10)28(35)30(9)29)23(34)20-22(33)18-13(36-2)7-12(31)24(37-3)26(18)40-27(20)25(17)39-8-38-14/h4-5,12-14,24,31-32,34H,6-8,29H2,1-3H3/t12-,13+,14+,24-/m1/s1. The van der Waals surface area contributed by atoms with E-state index in [0.29, 0.717) is 22.2 Å². The van der Waals surface area contributed by atoms with Gasteiger partial charge >= 0.3 is 0 Å². The van der Waals surface area contributed by atoms with Gasteiger partial charge in [0.25, 0.3) is 5.56 Å². The molecule has 2 aromatic heterocycles. The summed E-state index contributed by atoms with van der Waals surface area (Å²) in [6.45, 7) is 1.53. The van der Waals surface area contributed by atoms with Crippen molar-refractivity contribution in [3.8, 4) is 28.4 Å². The maximum atomic E-state index is 14.1. The molecule has 2 aromatic carbocycles. The minimum atomic E-state index is -1.00. The number of fused-ring (bicyclic) bond motifs is 6. The van der Waals surface area contributed by atoms with Crippen molar-refractivity contribution in [2.75, 3.05) is 26.9 Å². The number of rotatable bonds is 2. The SMILES string of the molecule is CO[C@H]1C[C@@H](O)[C@@H](OC)c2oc3c4c5c(c(O)c3c(=O)c21)-c1c(cc2cc(C)n(N)c(=O)c2c1O)C[C@@H]5OCO4. The second-order valence-corrected chi connectivity index (χ2v) is 10.4. The monoisotopic (exact) mass is 550 g/mol. The van der Waals surface area contributed by atoms with Crippen LogP contribution in [0.1, 0.15) is 52.9 Å². The van der Waals surface area contributed by atoms with Gasteiger partial charge in [0.1, 0.15) is 28.7 Å². The molecule has 0 amide bonds. The molecule has 1 aliphatic heterocycles. The van der Waals surface area contributed by atoms with Crippen LogP contribution < -0.4 is 21.6 Å². The van der Waals surface area contributed by atoms with Crippen LogP contribution in [-0.4, -0.2) is 47.1 Å². The molecule has 2 aliphatic carbocycles. The molecular weight excluding hydrogens is 524 g/mol. The summed E-state index contributed by atoms with van der Waals surface area (Å²) in [6.07, 6.45) is -3.02. The number of nitrogens with two attached hydrogens (primary N) is 1. The molecule has 4 aromatic rings. The Morgan fingerprint density at radius 3 is 2.52 bits per heavy atom. The van der Waals surface area contributed by atoms with E-state index in [2.05, 4.69) is 0 Å². The fraction of sp³-hybridized carbons (Fsp3) is 0.357. The Kier molecular flexibility index (Phi) is 5.26. The summed E-state index contributed by atoms with van der Waals surface area (Å²) in [5.41, 5.74) is 0.639. The van der Waals surface area contributed by atoms with Crippen LogP contribution in [0.3, 0.4) is 0 Å². The highest BCUT2D eigenvalue weighted by Gasteiger charge is 2.43. The second-order valence-electron chi connectivity index (χ2n) is 10.4. The summed E-state index contributed by atoms with van der Waals surface area (Å²) >= 11 is 0. The van der Waals surface area contributed by atoms with Crippen molar-refractivity contribution in [3.63, 3.8) is 0 Å². The van der Waals surface area contributed by atoms with Gasteiger partial charge in [0.15, 0.2) is 18.1 Å². The Morgan fingerprint density at radius 1 is 1.05 bits per heavy atom. The van der Waals surface area contributed by atoms with E-state index in [0.717, 1.165) is 4.68 Å². The number of nitrogens with zero attached hydrogens (tertiary/aromatic N) is 1. The van der Waals surface area contributed by atoms with Crippen molar-refractivity contribution >= 4 is 21.7 Å². The summed E-state index contributed by atoms with van der Waals surface area (Å²) in [6, 6.07) is 3.44. The molecule has 3 aliphatic rings. The number of phenolic OH excluding ortho intramolecular Hbond substituents is 2. The van der Waals surface area contributed by atoms with Gasteiger partial charge in [-0.1, -0.05) is 0 Å². The molecule has 4 atom stereocenters. The minimum Gasteiger partial charge on any atom is -0.506 e. The fourth-order valence-electron chi connectivity index (χ4n) is 6.48. The molecule has 0 fully saturated rings. The van der Waals surface area contributed by atoms with E-state index in [1.165, 1.54) is 14.2 Å². The number of benzene rings is 2. The summed E-state index contributed by atoms with van der Waals surface area (Å²) in [5, 5.41) is 34.2. The van der Waals surface area contributed by atoms with Crippen LogP contribution in [0.25, 0.3) is 32.9 Å². The predicted octanol–water partition coefficient (Wildman–Crippen LogP) is 2.31. The van der Waals surface area contributed by atoms with Gasteiger partial charge < -0.3 is 44.5 Å². The number of aliphatic hydroxyl groups excluding tert-OH is 1. The van der Waals surface area contributed by atoms with E-state index < -0.39 is 41.2 Å². The van der Waals surface area contributed by atoms with Crippen molar-refractivity contribution in [2.45, 2.75) is 44.2 Å². The number of phenols is 2.